The molecule has 0 aliphatic carbocycles. The molecule has 0 aliphatic rings. The highest BCUT2D eigenvalue weighted by Crippen LogP contribution is 2.10. The minimum Gasteiger partial charge on any atom is -0.460 e. The molecule has 5 heteroatoms. The Morgan fingerprint density at radius 2 is 1.44 bits per heavy atom. The van der Waals surface area contributed by atoms with Crippen molar-refractivity contribution in [2.24, 2.45) is 0 Å². The van der Waals surface area contributed by atoms with E-state index in [2.05, 4.69) is 5.32 Å². The monoisotopic (exact) mass is 259 g/mol. The summed E-state index contributed by atoms with van der Waals surface area (Å²) in [5.41, 5.74) is -1.06. The van der Waals surface area contributed by atoms with E-state index < -0.39 is 17.3 Å². The SMILES string of the molecule is C[C@@H](CC(=O)OC(C)(C)C)NC(=O)OC(C)(C)C. The van der Waals surface area contributed by atoms with E-state index in [1.165, 1.54) is 0 Å². The molecule has 0 rings (SSSR count). The van der Waals surface area contributed by atoms with E-state index in [-0.39, 0.29) is 18.4 Å². The second-order valence-electron chi connectivity index (χ2n) is 6.34. The van der Waals surface area contributed by atoms with E-state index in [0.29, 0.717) is 0 Å². The van der Waals surface area contributed by atoms with Gasteiger partial charge in [-0.1, -0.05) is 0 Å². The van der Waals surface area contributed by atoms with Crippen LogP contribution in [0.5, 0.6) is 0 Å². The molecule has 0 aromatic carbocycles. The van der Waals surface area contributed by atoms with Crippen molar-refractivity contribution in [2.75, 3.05) is 0 Å². The molecule has 0 fully saturated rings. The van der Waals surface area contributed by atoms with Gasteiger partial charge in [0.25, 0.3) is 0 Å². The first-order valence-corrected chi connectivity index (χ1v) is 6.10. The fourth-order valence-electron chi connectivity index (χ4n) is 1.19. The van der Waals surface area contributed by atoms with Crippen molar-refractivity contribution < 1.29 is 19.1 Å². The van der Waals surface area contributed by atoms with Gasteiger partial charge in [-0.2, -0.15) is 0 Å². The summed E-state index contributed by atoms with van der Waals surface area (Å²) in [7, 11) is 0. The van der Waals surface area contributed by atoms with Crippen molar-refractivity contribution in [1.82, 2.24) is 5.32 Å². The van der Waals surface area contributed by atoms with Gasteiger partial charge in [0.2, 0.25) is 0 Å². The number of esters is 1. The number of hydrogen-bond acceptors (Lipinski definition) is 4. The average molecular weight is 259 g/mol. The number of hydrogen-bond donors (Lipinski definition) is 1. The Bertz CT molecular complexity index is 269. The maximum Gasteiger partial charge on any atom is 0.407 e. The Kier molecular flexibility index (Phi) is 5.64. The first-order valence-electron chi connectivity index (χ1n) is 6.10. The minimum atomic E-state index is -0.546. The van der Waals surface area contributed by atoms with Crippen molar-refractivity contribution in [3.63, 3.8) is 0 Å². The van der Waals surface area contributed by atoms with Crippen LogP contribution in [0.4, 0.5) is 4.79 Å². The highest BCUT2D eigenvalue weighted by Gasteiger charge is 2.21. The molecule has 18 heavy (non-hydrogen) atoms. The largest absolute Gasteiger partial charge is 0.460 e. The molecule has 0 saturated carbocycles. The van der Waals surface area contributed by atoms with Crippen LogP contribution in [0, 0.1) is 0 Å². The van der Waals surface area contributed by atoms with E-state index in [4.69, 9.17) is 9.47 Å². The zero-order valence-electron chi connectivity index (χ0n) is 12.4. The maximum atomic E-state index is 11.5. The third-order valence-electron chi connectivity index (χ3n) is 1.66. The summed E-state index contributed by atoms with van der Waals surface area (Å²) in [6, 6.07) is -0.324. The van der Waals surface area contributed by atoms with Crippen LogP contribution in [0.15, 0.2) is 0 Å². The summed E-state index contributed by atoms with van der Waals surface area (Å²) in [4.78, 5) is 23.0. The van der Waals surface area contributed by atoms with Gasteiger partial charge >= 0.3 is 12.1 Å². The van der Waals surface area contributed by atoms with Gasteiger partial charge in [-0.15, -0.1) is 0 Å². The molecule has 0 spiro atoms. The minimum absolute atomic E-state index is 0.122. The third-order valence-corrected chi connectivity index (χ3v) is 1.66. The van der Waals surface area contributed by atoms with Gasteiger partial charge in [-0.3, -0.25) is 4.79 Å². The van der Waals surface area contributed by atoms with E-state index in [9.17, 15) is 9.59 Å². The first-order chi connectivity index (χ1) is 7.89. The lowest BCUT2D eigenvalue weighted by Gasteiger charge is -2.23. The summed E-state index contributed by atoms with van der Waals surface area (Å²) in [6.45, 7) is 12.5. The van der Waals surface area contributed by atoms with E-state index in [1.807, 2.05) is 0 Å². The molecule has 1 atom stereocenters. The van der Waals surface area contributed by atoms with Crippen LogP contribution in [-0.4, -0.2) is 29.3 Å². The van der Waals surface area contributed by atoms with Gasteiger partial charge < -0.3 is 14.8 Å². The smallest absolute Gasteiger partial charge is 0.407 e. The molecular formula is C13H25NO4. The number of carbonyl (C=O) groups is 2. The number of carbonyl (C=O) groups excluding carboxylic acids is 2. The number of nitrogens with one attached hydrogen (secondary N) is 1. The van der Waals surface area contributed by atoms with Crippen molar-refractivity contribution in [3.8, 4) is 0 Å². The van der Waals surface area contributed by atoms with Crippen molar-refractivity contribution in [2.45, 2.75) is 72.1 Å². The van der Waals surface area contributed by atoms with Crippen LogP contribution in [-0.2, 0) is 14.3 Å². The molecule has 0 saturated heterocycles. The molecule has 0 unspecified atom stereocenters. The standard InChI is InChI=1S/C13H25NO4/c1-9(8-10(15)17-12(2,3)4)14-11(16)18-13(5,6)7/h9H,8H2,1-7H3,(H,14,16)/t9-/m0/s1. The van der Waals surface area contributed by atoms with Crippen molar-refractivity contribution >= 4 is 12.1 Å². The Labute approximate surface area is 109 Å². The Balaban J connectivity index is 4.08. The topological polar surface area (TPSA) is 64.6 Å². The normalized spacial score (nSPS) is 13.7. The highest BCUT2D eigenvalue weighted by atomic mass is 16.6. The molecule has 0 heterocycles. The number of amides is 1. The molecular weight excluding hydrogens is 234 g/mol. The third kappa shape index (κ3) is 9.93. The van der Waals surface area contributed by atoms with Gasteiger partial charge in [-0.25, -0.2) is 4.79 Å². The van der Waals surface area contributed by atoms with Crippen LogP contribution < -0.4 is 5.32 Å². The highest BCUT2D eigenvalue weighted by molar-refractivity contribution is 5.73. The second kappa shape index (κ2) is 6.07. The Morgan fingerprint density at radius 1 is 1.00 bits per heavy atom. The lowest BCUT2D eigenvalue weighted by atomic mass is 10.2. The molecule has 0 aliphatic heterocycles. The second-order valence-corrected chi connectivity index (χ2v) is 6.34. The van der Waals surface area contributed by atoms with Gasteiger partial charge in [0.1, 0.15) is 11.2 Å². The molecule has 0 aromatic rings. The van der Waals surface area contributed by atoms with Gasteiger partial charge in [0, 0.05) is 6.04 Å². The van der Waals surface area contributed by atoms with Crippen LogP contribution in [0.1, 0.15) is 54.9 Å². The van der Waals surface area contributed by atoms with E-state index in [1.54, 1.807) is 48.5 Å². The molecule has 5 nitrogen and oxygen atoms in total. The van der Waals surface area contributed by atoms with Crippen LogP contribution in [0.2, 0.25) is 0 Å². The van der Waals surface area contributed by atoms with E-state index in [0.717, 1.165) is 0 Å². The van der Waals surface area contributed by atoms with Crippen LogP contribution in [0.25, 0.3) is 0 Å². The summed E-state index contributed by atoms with van der Waals surface area (Å²) < 4.78 is 10.2. The maximum absolute atomic E-state index is 11.5. The summed E-state index contributed by atoms with van der Waals surface area (Å²) in [5, 5.41) is 2.59. The van der Waals surface area contributed by atoms with Crippen LogP contribution >= 0.6 is 0 Å². The van der Waals surface area contributed by atoms with Gasteiger partial charge in [-0.05, 0) is 48.5 Å². The zero-order valence-corrected chi connectivity index (χ0v) is 12.4. The predicted octanol–water partition coefficient (Wildman–Crippen LogP) is 2.63. The molecule has 0 radical (unpaired) electrons. The predicted molar refractivity (Wildman–Crippen MR) is 69.3 cm³/mol. The molecule has 0 bridgehead atoms. The number of rotatable bonds is 3. The van der Waals surface area contributed by atoms with E-state index >= 15 is 0 Å². The van der Waals surface area contributed by atoms with Gasteiger partial charge in [0.15, 0.2) is 0 Å². The fraction of sp³-hybridized carbons (Fsp3) is 0.846. The molecule has 1 amide bonds. The van der Waals surface area contributed by atoms with Crippen molar-refractivity contribution in [3.05, 3.63) is 0 Å². The summed E-state index contributed by atoms with van der Waals surface area (Å²) in [6.07, 6.45) is -0.408. The number of ether oxygens (including phenoxy) is 2. The van der Waals surface area contributed by atoms with Crippen molar-refractivity contribution in [1.29, 1.82) is 0 Å². The zero-order chi connectivity index (χ0) is 14.6. The lowest BCUT2D eigenvalue weighted by molar-refractivity contribution is -0.155. The fourth-order valence-corrected chi connectivity index (χ4v) is 1.19. The number of alkyl carbamates (subject to hydrolysis) is 1. The first kappa shape index (κ1) is 16.7. The summed E-state index contributed by atoms with van der Waals surface area (Å²) >= 11 is 0. The van der Waals surface area contributed by atoms with Gasteiger partial charge in [0.05, 0.1) is 6.42 Å². The quantitative estimate of drug-likeness (QED) is 0.791. The molecule has 106 valence electrons. The molecule has 0 aromatic heterocycles. The Morgan fingerprint density at radius 3 is 1.83 bits per heavy atom. The van der Waals surface area contributed by atoms with Crippen LogP contribution in [0.3, 0.4) is 0 Å². The summed E-state index contributed by atoms with van der Waals surface area (Å²) in [5.74, 6) is -0.342. The lowest BCUT2D eigenvalue weighted by Crippen LogP contribution is -2.39. The molecule has 1 N–H and O–H groups in total. The average Bonchev–Trinajstić information content (AvgIpc) is 1.92. The Hall–Kier alpha value is -1.26.